The molecule has 0 aliphatic carbocycles. The Labute approximate surface area is 512 Å². The third-order valence-corrected chi connectivity index (χ3v) is 18.5. The fourth-order valence-corrected chi connectivity index (χ4v) is 14.7. The number of furan rings is 1. The zero-order valence-electron chi connectivity index (χ0n) is 48.0. The van der Waals surface area contributed by atoms with Crippen LogP contribution in [0.5, 0.6) is 0 Å². The predicted octanol–water partition coefficient (Wildman–Crippen LogP) is 18.6. The maximum Gasteiger partial charge on any atom is 0.257 e. The van der Waals surface area contributed by atoms with Gasteiger partial charge in [0.2, 0.25) is 0 Å². The molecular formula is C81H49BN6O. The molecule has 0 atom stereocenters. The Balaban J connectivity index is 1.03. The maximum absolute atomic E-state index is 7.39. The van der Waals surface area contributed by atoms with Gasteiger partial charge in [-0.05, 0) is 105 Å². The van der Waals surface area contributed by atoms with Gasteiger partial charge in [-0.1, -0.05) is 231 Å². The van der Waals surface area contributed by atoms with Crippen molar-refractivity contribution >= 4 is 106 Å². The lowest BCUT2D eigenvalue weighted by Crippen LogP contribution is -2.60. The van der Waals surface area contributed by atoms with Crippen LogP contribution in [0.2, 0.25) is 0 Å². The van der Waals surface area contributed by atoms with Gasteiger partial charge in [0.05, 0.1) is 27.8 Å². The zero-order valence-corrected chi connectivity index (χ0v) is 48.0. The van der Waals surface area contributed by atoms with Crippen molar-refractivity contribution in [3.63, 3.8) is 0 Å². The molecule has 0 fully saturated rings. The van der Waals surface area contributed by atoms with Gasteiger partial charge >= 0.3 is 0 Å². The number of fused-ring (bicyclic) bond motifs is 14. The van der Waals surface area contributed by atoms with Crippen LogP contribution >= 0.6 is 0 Å². The van der Waals surface area contributed by atoms with Gasteiger partial charge in [-0.2, -0.15) is 0 Å². The second-order valence-corrected chi connectivity index (χ2v) is 23.4. The summed E-state index contributed by atoms with van der Waals surface area (Å²) < 4.78 is 12.4. The third-order valence-electron chi connectivity index (χ3n) is 18.5. The van der Waals surface area contributed by atoms with Crippen LogP contribution < -0.4 is 21.3 Å². The van der Waals surface area contributed by atoms with Gasteiger partial charge in [0.15, 0.2) is 17.5 Å². The molecule has 6 heterocycles. The zero-order chi connectivity index (χ0) is 58.3. The average molecular weight is 1130 g/mol. The molecule has 0 saturated carbocycles. The summed E-state index contributed by atoms with van der Waals surface area (Å²) >= 11 is 0. The first-order valence-corrected chi connectivity index (χ1v) is 30.4. The highest BCUT2D eigenvalue weighted by Gasteiger charge is 2.46. The van der Waals surface area contributed by atoms with Gasteiger partial charge in [0, 0.05) is 82.9 Å². The smallest absolute Gasteiger partial charge is 0.257 e. The van der Waals surface area contributed by atoms with E-state index in [1.165, 1.54) is 10.8 Å². The van der Waals surface area contributed by atoms with Gasteiger partial charge in [0.1, 0.15) is 11.2 Å². The second-order valence-electron chi connectivity index (χ2n) is 23.4. The molecule has 0 radical (unpaired) electrons. The quantitative estimate of drug-likeness (QED) is 0.142. The number of aromatic nitrogens is 5. The van der Waals surface area contributed by atoms with Gasteiger partial charge in [0.25, 0.3) is 6.71 Å². The molecule has 7 nitrogen and oxygen atoms in total. The van der Waals surface area contributed by atoms with Gasteiger partial charge in [-0.3, -0.25) is 0 Å². The highest BCUT2D eigenvalue weighted by atomic mass is 16.3. The minimum Gasteiger partial charge on any atom is -0.457 e. The Morgan fingerprint density at radius 3 is 1.48 bits per heavy atom. The van der Waals surface area contributed by atoms with Crippen molar-refractivity contribution in [3.05, 3.63) is 297 Å². The standard InChI is InChI=1S/C81H49BN6O/c1-7-24-50(25-8-1)55-42-43-68-62(44-55)63-48-70-66(49-69(63)86(68)57-34-17-6-18-35-57)82-74-71(87-67-40-21-19-36-60(67)64-47-65-61-37-20-22-41-73(61)89-78(65)75(82)77(64)87)45-56(81-84-79(53-30-13-4-14-31-53)83-80(85-81)54-32-15-5-16-33-54)46-72(74)88(70)76-58(51-26-9-2-10-27-51)38-23-39-59(76)52-28-11-3-12-29-52/h1-49H. The van der Waals surface area contributed by atoms with Crippen molar-refractivity contribution < 1.29 is 4.42 Å². The minimum absolute atomic E-state index is 0.349. The normalized spacial score (nSPS) is 12.4. The van der Waals surface area contributed by atoms with Gasteiger partial charge in [-0.15, -0.1) is 0 Å². The monoisotopic (exact) mass is 1130 g/mol. The van der Waals surface area contributed by atoms with Crippen LogP contribution in [0.4, 0.5) is 17.1 Å². The van der Waals surface area contributed by atoms with Crippen LogP contribution in [0.1, 0.15) is 0 Å². The Morgan fingerprint density at radius 2 is 0.831 bits per heavy atom. The minimum atomic E-state index is -0.349. The van der Waals surface area contributed by atoms with Crippen molar-refractivity contribution in [2.75, 3.05) is 4.90 Å². The van der Waals surface area contributed by atoms with Crippen molar-refractivity contribution in [2.45, 2.75) is 0 Å². The molecule has 89 heavy (non-hydrogen) atoms. The molecule has 0 N–H and O–H groups in total. The Hall–Kier alpha value is -11.9. The number of hydrogen-bond donors (Lipinski definition) is 0. The van der Waals surface area contributed by atoms with E-state index in [0.29, 0.717) is 17.5 Å². The van der Waals surface area contributed by atoms with Crippen LogP contribution in [0.15, 0.2) is 302 Å². The SMILES string of the molecule is c1ccc(-c2ccc3c(c2)c2cc4c(cc2n3-c2ccccc2)B2c3c(cc(-c5nc(-c6ccccc6)nc(-c6ccccc6)n5)cc3-n3c5ccccc5c5cc6c(oc7ccccc76)c2c53)N4c2c(-c3ccccc3)cccc2-c2ccccc2)cc1. The van der Waals surface area contributed by atoms with E-state index in [1.54, 1.807) is 0 Å². The number of para-hydroxylation sites is 4. The number of nitrogens with zero attached hydrogens (tertiary/aromatic N) is 6. The summed E-state index contributed by atoms with van der Waals surface area (Å²) in [7, 11) is 0. The van der Waals surface area contributed by atoms with Crippen LogP contribution in [-0.2, 0) is 0 Å². The maximum atomic E-state index is 7.39. The van der Waals surface area contributed by atoms with Crippen molar-refractivity contribution in [2.24, 2.45) is 0 Å². The van der Waals surface area contributed by atoms with Crippen LogP contribution in [0.3, 0.4) is 0 Å². The first-order valence-electron chi connectivity index (χ1n) is 30.4. The van der Waals surface area contributed by atoms with Crippen LogP contribution in [0.25, 0.3) is 144 Å². The molecule has 0 spiro atoms. The number of hydrogen-bond acceptors (Lipinski definition) is 5. The summed E-state index contributed by atoms with van der Waals surface area (Å²) in [5, 5.41) is 6.81. The Bertz CT molecular complexity index is 5610. The van der Waals surface area contributed by atoms with Crippen molar-refractivity contribution in [1.29, 1.82) is 0 Å². The third kappa shape index (κ3) is 7.44. The van der Waals surface area contributed by atoms with Crippen molar-refractivity contribution in [1.82, 2.24) is 24.1 Å². The summed E-state index contributed by atoms with van der Waals surface area (Å²) in [6.45, 7) is -0.349. The molecule has 412 valence electrons. The lowest BCUT2D eigenvalue weighted by atomic mass is 9.33. The van der Waals surface area contributed by atoms with E-state index in [0.717, 1.165) is 150 Å². The average Bonchev–Trinajstić information content (AvgIpc) is 1.63. The van der Waals surface area contributed by atoms with E-state index in [-0.39, 0.29) is 6.71 Å². The summed E-state index contributed by atoms with van der Waals surface area (Å²) in [5.41, 5.74) is 24.3. The van der Waals surface area contributed by atoms with E-state index in [1.807, 2.05) is 36.4 Å². The van der Waals surface area contributed by atoms with Gasteiger partial charge in [-0.25, -0.2) is 15.0 Å². The first kappa shape index (κ1) is 49.4. The summed E-state index contributed by atoms with van der Waals surface area (Å²) in [4.78, 5) is 18.9. The number of benzene rings is 13. The molecule has 0 unspecified atom stereocenters. The molecule has 0 saturated heterocycles. The number of anilines is 3. The molecule has 0 bridgehead atoms. The Kier molecular flexibility index (Phi) is 10.7. The topological polar surface area (TPSA) is 64.9 Å². The van der Waals surface area contributed by atoms with Gasteiger partial charge < -0.3 is 18.5 Å². The molecule has 19 rings (SSSR count). The molecule has 17 aromatic rings. The van der Waals surface area contributed by atoms with Crippen molar-refractivity contribution in [3.8, 4) is 78.9 Å². The second kappa shape index (κ2) is 19.3. The van der Waals surface area contributed by atoms with Crippen LogP contribution in [0, 0.1) is 0 Å². The molecular weight excluding hydrogens is 1080 g/mol. The van der Waals surface area contributed by atoms with E-state index < -0.39 is 0 Å². The molecule has 8 heteroatoms. The highest BCUT2D eigenvalue weighted by Crippen LogP contribution is 2.52. The highest BCUT2D eigenvalue weighted by molar-refractivity contribution is 7.01. The predicted molar refractivity (Wildman–Crippen MR) is 368 cm³/mol. The lowest BCUT2D eigenvalue weighted by Gasteiger charge is -2.42. The van der Waals surface area contributed by atoms with E-state index in [2.05, 4.69) is 275 Å². The van der Waals surface area contributed by atoms with E-state index in [9.17, 15) is 0 Å². The fraction of sp³-hybridized carbons (Fsp3) is 0. The van der Waals surface area contributed by atoms with E-state index in [4.69, 9.17) is 19.4 Å². The largest absolute Gasteiger partial charge is 0.457 e. The van der Waals surface area contributed by atoms with Crippen LogP contribution in [-0.4, -0.2) is 30.8 Å². The van der Waals surface area contributed by atoms with E-state index >= 15 is 0 Å². The molecule has 2 aliphatic heterocycles. The summed E-state index contributed by atoms with van der Waals surface area (Å²) in [6.07, 6.45) is 0. The fourth-order valence-electron chi connectivity index (χ4n) is 14.7. The summed E-state index contributed by atoms with van der Waals surface area (Å²) in [6, 6.07) is 107. The molecule has 2 aliphatic rings. The Morgan fingerprint density at radius 1 is 0.303 bits per heavy atom. The lowest BCUT2D eigenvalue weighted by molar-refractivity contribution is 0.671. The first-order chi connectivity index (χ1) is 44.2. The molecule has 13 aromatic carbocycles. The molecule has 0 amide bonds. The number of rotatable bonds is 8. The molecule has 4 aromatic heterocycles. The summed E-state index contributed by atoms with van der Waals surface area (Å²) in [5.74, 6) is 1.76.